The second-order valence-electron chi connectivity index (χ2n) is 7.03. The molecule has 5 aromatic rings. The third-order valence-corrected chi connectivity index (χ3v) is 5.19. The molecule has 0 aliphatic rings. The van der Waals surface area contributed by atoms with Crippen molar-refractivity contribution in [3.63, 3.8) is 0 Å². The largest absolute Gasteiger partial charge is 0.497 e. The predicted octanol–water partition coefficient (Wildman–Crippen LogP) is 5.84. The van der Waals surface area contributed by atoms with Crippen molar-refractivity contribution in [2.45, 2.75) is 0 Å². The van der Waals surface area contributed by atoms with Crippen LogP contribution in [0.4, 0.5) is 17.2 Å². The van der Waals surface area contributed by atoms with E-state index in [-0.39, 0.29) is 11.5 Å². The van der Waals surface area contributed by atoms with E-state index in [4.69, 9.17) is 9.72 Å². The zero-order chi connectivity index (χ0) is 21.4. The van der Waals surface area contributed by atoms with Crippen molar-refractivity contribution in [1.29, 1.82) is 0 Å². The van der Waals surface area contributed by atoms with Crippen LogP contribution in [0.2, 0.25) is 0 Å². The van der Waals surface area contributed by atoms with Gasteiger partial charge in [0.15, 0.2) is 0 Å². The number of nitrogens with zero attached hydrogens (tertiary/aromatic N) is 3. The molecule has 5 rings (SSSR count). The van der Waals surface area contributed by atoms with Gasteiger partial charge in [0.25, 0.3) is 0 Å². The predicted molar refractivity (Wildman–Crippen MR) is 122 cm³/mol. The number of pyridine rings is 1. The fourth-order valence-electron chi connectivity index (χ4n) is 3.75. The van der Waals surface area contributed by atoms with Crippen LogP contribution in [-0.4, -0.2) is 21.6 Å². The molecule has 2 aromatic heterocycles. The molecule has 0 spiro atoms. The molecule has 0 fully saturated rings. The Bertz CT molecular complexity index is 1410. The second kappa shape index (κ2) is 7.46. The van der Waals surface area contributed by atoms with E-state index < -0.39 is 4.92 Å². The lowest BCUT2D eigenvalue weighted by molar-refractivity contribution is -0.384. The molecule has 0 saturated heterocycles. The molecule has 0 aliphatic carbocycles. The van der Waals surface area contributed by atoms with E-state index in [9.17, 15) is 10.1 Å². The Hall–Kier alpha value is -4.39. The number of rotatable bonds is 5. The Morgan fingerprint density at radius 1 is 0.935 bits per heavy atom. The molecule has 7 nitrogen and oxygen atoms in total. The van der Waals surface area contributed by atoms with Crippen molar-refractivity contribution in [2.24, 2.45) is 0 Å². The van der Waals surface area contributed by atoms with Gasteiger partial charge in [-0.2, -0.15) is 0 Å². The minimum Gasteiger partial charge on any atom is -0.497 e. The third-order valence-electron chi connectivity index (χ3n) is 5.19. The highest BCUT2D eigenvalue weighted by atomic mass is 16.6. The summed E-state index contributed by atoms with van der Waals surface area (Å²) in [6, 6.07) is 26.4. The first kappa shape index (κ1) is 18.6. The zero-order valence-electron chi connectivity index (χ0n) is 16.6. The summed E-state index contributed by atoms with van der Waals surface area (Å²) in [4.78, 5) is 16.2. The molecule has 0 unspecified atom stereocenters. The second-order valence-corrected chi connectivity index (χ2v) is 7.03. The van der Waals surface area contributed by atoms with Crippen LogP contribution in [0.25, 0.3) is 27.6 Å². The van der Waals surface area contributed by atoms with Crippen LogP contribution in [0.3, 0.4) is 0 Å². The minimum atomic E-state index is -0.410. The van der Waals surface area contributed by atoms with Gasteiger partial charge in [0.1, 0.15) is 11.4 Å². The smallest absolute Gasteiger partial charge is 0.312 e. The van der Waals surface area contributed by atoms with Crippen molar-refractivity contribution in [2.75, 3.05) is 12.4 Å². The van der Waals surface area contributed by atoms with Crippen LogP contribution in [0.1, 0.15) is 0 Å². The molecule has 2 heterocycles. The van der Waals surface area contributed by atoms with Gasteiger partial charge >= 0.3 is 5.69 Å². The van der Waals surface area contributed by atoms with E-state index >= 15 is 0 Å². The number of aromatic nitrogens is 2. The molecule has 3 aromatic carbocycles. The number of nitro groups is 1. The van der Waals surface area contributed by atoms with E-state index in [1.807, 2.05) is 59.2 Å². The van der Waals surface area contributed by atoms with Crippen molar-refractivity contribution >= 4 is 39.1 Å². The van der Waals surface area contributed by atoms with E-state index in [0.717, 1.165) is 22.0 Å². The van der Waals surface area contributed by atoms with Crippen molar-refractivity contribution in [3.8, 4) is 11.4 Å². The molecular weight excluding hydrogens is 392 g/mol. The topological polar surface area (TPSA) is 82.2 Å². The van der Waals surface area contributed by atoms with E-state index in [1.165, 1.54) is 0 Å². The van der Waals surface area contributed by atoms with Gasteiger partial charge in [0.2, 0.25) is 5.82 Å². The lowest BCUT2D eigenvalue weighted by Crippen LogP contribution is -2.02. The van der Waals surface area contributed by atoms with E-state index in [0.29, 0.717) is 17.1 Å². The monoisotopic (exact) mass is 410 g/mol. The first-order chi connectivity index (χ1) is 15.2. The summed E-state index contributed by atoms with van der Waals surface area (Å²) in [7, 11) is 1.59. The average Bonchev–Trinajstić information content (AvgIpc) is 3.13. The number of para-hydroxylation sites is 2. The lowest BCUT2D eigenvalue weighted by Gasteiger charge is -2.10. The number of anilines is 2. The quantitative estimate of drug-likeness (QED) is 0.291. The number of ether oxygens (including phenoxy) is 1. The molecule has 1 N–H and O–H groups in total. The van der Waals surface area contributed by atoms with Crippen LogP contribution in [0.5, 0.6) is 5.75 Å². The first-order valence-corrected chi connectivity index (χ1v) is 9.71. The summed E-state index contributed by atoms with van der Waals surface area (Å²) in [5.41, 5.74) is 3.11. The summed E-state index contributed by atoms with van der Waals surface area (Å²) in [5, 5.41) is 16.6. The summed E-state index contributed by atoms with van der Waals surface area (Å²) in [6.07, 6.45) is 0. The Morgan fingerprint density at radius 3 is 2.35 bits per heavy atom. The standard InChI is InChI=1S/C24H18N4O3/c1-31-18-13-11-16(12-14-18)25-23-22(28(29)30)15-20-19-9-5-6-10-21(19)27(24(20)26-23)17-7-3-2-4-8-17/h2-15H,1H3,(H,25,26). The molecule has 31 heavy (non-hydrogen) atoms. The van der Waals surface area contributed by atoms with Crippen LogP contribution >= 0.6 is 0 Å². The van der Waals surface area contributed by atoms with Gasteiger partial charge < -0.3 is 10.1 Å². The Balaban J connectivity index is 1.77. The molecule has 0 saturated carbocycles. The van der Waals surface area contributed by atoms with Gasteiger partial charge in [0.05, 0.1) is 17.5 Å². The van der Waals surface area contributed by atoms with Crippen LogP contribution in [-0.2, 0) is 0 Å². The normalized spacial score (nSPS) is 11.0. The van der Waals surface area contributed by atoms with Gasteiger partial charge in [-0.15, -0.1) is 0 Å². The molecule has 0 amide bonds. The highest BCUT2D eigenvalue weighted by molar-refractivity contribution is 6.09. The van der Waals surface area contributed by atoms with Gasteiger partial charge in [0, 0.05) is 28.2 Å². The Kier molecular flexibility index (Phi) is 4.48. The maximum atomic E-state index is 11.9. The average molecular weight is 410 g/mol. The number of benzene rings is 3. The number of hydrogen-bond acceptors (Lipinski definition) is 5. The summed E-state index contributed by atoms with van der Waals surface area (Å²) in [6.45, 7) is 0. The summed E-state index contributed by atoms with van der Waals surface area (Å²) >= 11 is 0. The van der Waals surface area contributed by atoms with Gasteiger partial charge in [-0.3, -0.25) is 14.7 Å². The van der Waals surface area contributed by atoms with Gasteiger partial charge in [-0.05, 0) is 42.5 Å². The fraction of sp³-hybridized carbons (Fsp3) is 0.0417. The van der Waals surface area contributed by atoms with Gasteiger partial charge in [-0.1, -0.05) is 36.4 Å². The Labute approximate surface area is 177 Å². The SMILES string of the molecule is COc1ccc(Nc2nc3c(cc2[N+](=O)[O-])c2ccccc2n3-c2ccccc2)cc1. The molecule has 0 bridgehead atoms. The molecular formula is C24H18N4O3. The molecule has 7 heteroatoms. The van der Waals surface area contributed by atoms with Crippen molar-refractivity contribution in [1.82, 2.24) is 9.55 Å². The van der Waals surface area contributed by atoms with Crippen LogP contribution in [0, 0.1) is 10.1 Å². The van der Waals surface area contributed by atoms with E-state index in [1.54, 1.807) is 37.4 Å². The third kappa shape index (κ3) is 3.22. The summed E-state index contributed by atoms with van der Waals surface area (Å²) in [5.74, 6) is 0.885. The highest BCUT2D eigenvalue weighted by Crippen LogP contribution is 2.36. The van der Waals surface area contributed by atoms with Crippen LogP contribution < -0.4 is 10.1 Å². The number of hydrogen-bond donors (Lipinski definition) is 1. The van der Waals surface area contributed by atoms with Gasteiger partial charge in [-0.25, -0.2) is 4.98 Å². The molecule has 0 radical (unpaired) electrons. The number of nitrogens with one attached hydrogen (secondary N) is 1. The maximum absolute atomic E-state index is 11.9. The number of methoxy groups -OCH3 is 1. The first-order valence-electron chi connectivity index (χ1n) is 9.71. The summed E-state index contributed by atoms with van der Waals surface area (Å²) < 4.78 is 7.20. The molecule has 0 atom stereocenters. The van der Waals surface area contributed by atoms with Crippen LogP contribution in [0.15, 0.2) is 84.9 Å². The van der Waals surface area contributed by atoms with E-state index in [2.05, 4.69) is 5.32 Å². The minimum absolute atomic E-state index is 0.0840. The molecule has 0 aliphatic heterocycles. The zero-order valence-corrected chi connectivity index (χ0v) is 16.6. The molecule has 152 valence electrons. The lowest BCUT2D eigenvalue weighted by atomic mass is 10.2. The van der Waals surface area contributed by atoms with Crippen molar-refractivity contribution in [3.05, 3.63) is 95.0 Å². The highest BCUT2D eigenvalue weighted by Gasteiger charge is 2.22. The fourth-order valence-corrected chi connectivity index (χ4v) is 3.75. The van der Waals surface area contributed by atoms with Crippen molar-refractivity contribution < 1.29 is 9.66 Å². The Morgan fingerprint density at radius 2 is 1.65 bits per heavy atom. The number of fused-ring (bicyclic) bond motifs is 3. The maximum Gasteiger partial charge on any atom is 0.312 e.